The summed E-state index contributed by atoms with van der Waals surface area (Å²) in [6, 6.07) is 6.19. The minimum Gasteiger partial charge on any atom is -0.508 e. The van der Waals surface area contributed by atoms with Crippen molar-refractivity contribution in [3.05, 3.63) is 29.8 Å². The van der Waals surface area contributed by atoms with Crippen molar-refractivity contribution in [1.82, 2.24) is 0 Å². The number of benzene rings is 1. The Kier molecular flexibility index (Phi) is 4.73. The van der Waals surface area contributed by atoms with Crippen molar-refractivity contribution in [3.63, 3.8) is 0 Å². The van der Waals surface area contributed by atoms with Crippen LogP contribution < -0.4 is 0 Å². The maximum atomic E-state index is 11.8. The summed E-state index contributed by atoms with van der Waals surface area (Å²) in [5.74, 6) is -0.904. The highest BCUT2D eigenvalue weighted by molar-refractivity contribution is 5.74. The molecule has 2 unspecified atom stereocenters. The molecule has 100 valence electrons. The molecule has 1 aromatic carbocycles. The number of carbonyl (C=O) groups excluding carboxylic acids is 1. The molecule has 0 fully saturated rings. The highest BCUT2D eigenvalue weighted by Gasteiger charge is 2.38. The highest BCUT2D eigenvalue weighted by Crippen LogP contribution is 2.33. The predicted octanol–water partition coefficient (Wildman–Crippen LogP) is 2.19. The van der Waals surface area contributed by atoms with Crippen molar-refractivity contribution in [2.45, 2.75) is 32.8 Å². The lowest BCUT2D eigenvalue weighted by Crippen LogP contribution is -2.38. The van der Waals surface area contributed by atoms with Gasteiger partial charge in [-0.25, -0.2) is 0 Å². The van der Waals surface area contributed by atoms with Gasteiger partial charge in [-0.3, -0.25) is 4.79 Å². The molecule has 0 radical (unpaired) electrons. The third-order valence-corrected chi connectivity index (χ3v) is 3.11. The molecular weight excluding hydrogens is 232 g/mol. The zero-order chi connectivity index (χ0) is 13.8. The Morgan fingerprint density at radius 2 is 1.89 bits per heavy atom. The quantitative estimate of drug-likeness (QED) is 0.788. The van der Waals surface area contributed by atoms with Crippen molar-refractivity contribution in [2.24, 2.45) is 5.92 Å². The maximum absolute atomic E-state index is 11.8. The normalized spacial score (nSPS) is 15.8. The average molecular weight is 252 g/mol. The summed E-state index contributed by atoms with van der Waals surface area (Å²) in [7, 11) is 0. The Labute approximate surface area is 107 Å². The lowest BCUT2D eigenvalue weighted by atomic mass is 9.81. The Hall–Kier alpha value is -1.55. The van der Waals surface area contributed by atoms with Crippen molar-refractivity contribution in [2.75, 3.05) is 6.61 Å². The van der Waals surface area contributed by atoms with E-state index < -0.39 is 17.5 Å². The van der Waals surface area contributed by atoms with E-state index in [0.717, 1.165) is 0 Å². The molecule has 0 spiro atoms. The van der Waals surface area contributed by atoms with Gasteiger partial charge in [0.15, 0.2) is 0 Å². The summed E-state index contributed by atoms with van der Waals surface area (Å²) in [5.41, 5.74) is -0.727. The first-order chi connectivity index (χ1) is 8.43. The monoisotopic (exact) mass is 252 g/mol. The Morgan fingerprint density at radius 1 is 1.33 bits per heavy atom. The molecular formula is C14H20O4. The second kappa shape index (κ2) is 5.87. The van der Waals surface area contributed by atoms with Gasteiger partial charge in [0.1, 0.15) is 11.4 Å². The largest absolute Gasteiger partial charge is 0.508 e. The van der Waals surface area contributed by atoms with Crippen molar-refractivity contribution < 1.29 is 19.7 Å². The maximum Gasteiger partial charge on any atom is 0.312 e. The molecule has 2 N–H and O–H groups in total. The SMILES string of the molecule is CCOC(=O)C(CC)C(C)(O)c1ccc(O)cc1. The number of hydrogen-bond donors (Lipinski definition) is 2. The molecule has 0 aromatic heterocycles. The number of ether oxygens (including phenoxy) is 1. The van der Waals surface area contributed by atoms with Gasteiger partial charge in [0.2, 0.25) is 0 Å². The van der Waals surface area contributed by atoms with Crippen LogP contribution in [0.1, 0.15) is 32.8 Å². The van der Waals surface area contributed by atoms with E-state index in [1.54, 1.807) is 26.0 Å². The Bertz CT molecular complexity index is 395. The molecule has 4 nitrogen and oxygen atoms in total. The number of carbonyl (C=O) groups is 1. The third kappa shape index (κ3) is 3.01. The topological polar surface area (TPSA) is 66.8 Å². The van der Waals surface area contributed by atoms with Crippen LogP contribution in [-0.4, -0.2) is 22.8 Å². The summed E-state index contributed by atoms with van der Waals surface area (Å²) < 4.78 is 4.98. The minimum absolute atomic E-state index is 0.124. The highest BCUT2D eigenvalue weighted by atomic mass is 16.5. The van der Waals surface area contributed by atoms with Gasteiger partial charge >= 0.3 is 5.97 Å². The molecule has 1 rings (SSSR count). The zero-order valence-electron chi connectivity index (χ0n) is 11.0. The fraction of sp³-hybridized carbons (Fsp3) is 0.500. The minimum atomic E-state index is -1.31. The number of esters is 1. The van der Waals surface area contributed by atoms with Crippen molar-refractivity contribution >= 4 is 5.97 Å². The summed E-state index contributed by atoms with van der Waals surface area (Å²) in [5, 5.41) is 19.8. The molecule has 0 bridgehead atoms. The van der Waals surface area contributed by atoms with E-state index in [0.29, 0.717) is 18.6 Å². The molecule has 0 aliphatic heterocycles. The summed E-state index contributed by atoms with van der Waals surface area (Å²) in [4.78, 5) is 11.8. The number of aliphatic hydroxyl groups is 1. The van der Waals surface area contributed by atoms with Crippen molar-refractivity contribution in [3.8, 4) is 5.75 Å². The molecule has 18 heavy (non-hydrogen) atoms. The lowest BCUT2D eigenvalue weighted by Gasteiger charge is -2.31. The zero-order valence-corrected chi connectivity index (χ0v) is 11.0. The standard InChI is InChI=1S/C14H20O4/c1-4-12(13(16)18-5-2)14(3,17)10-6-8-11(15)9-7-10/h6-9,12,15,17H,4-5H2,1-3H3. The van der Waals surface area contributed by atoms with E-state index in [4.69, 9.17) is 4.74 Å². The average Bonchev–Trinajstić information content (AvgIpc) is 2.30. The van der Waals surface area contributed by atoms with E-state index in [2.05, 4.69) is 0 Å². The molecule has 2 atom stereocenters. The molecule has 0 aliphatic carbocycles. The fourth-order valence-corrected chi connectivity index (χ4v) is 2.04. The number of hydrogen-bond acceptors (Lipinski definition) is 4. The van der Waals surface area contributed by atoms with Gasteiger partial charge in [0.05, 0.1) is 12.5 Å². The smallest absolute Gasteiger partial charge is 0.312 e. The van der Waals surface area contributed by atoms with Gasteiger partial charge in [-0.1, -0.05) is 19.1 Å². The van der Waals surface area contributed by atoms with Crippen LogP contribution in [0.4, 0.5) is 0 Å². The molecule has 0 aliphatic rings. The number of phenols is 1. The van der Waals surface area contributed by atoms with Crippen LogP contribution in [0.15, 0.2) is 24.3 Å². The van der Waals surface area contributed by atoms with Gasteiger partial charge in [-0.2, -0.15) is 0 Å². The third-order valence-electron chi connectivity index (χ3n) is 3.11. The van der Waals surface area contributed by atoms with Crippen LogP contribution in [0, 0.1) is 5.92 Å². The van der Waals surface area contributed by atoms with Gasteiger partial charge < -0.3 is 14.9 Å². The Balaban J connectivity index is 3.01. The summed E-state index contributed by atoms with van der Waals surface area (Å²) in [6.45, 7) is 5.45. The van der Waals surface area contributed by atoms with Crippen LogP contribution in [0.2, 0.25) is 0 Å². The van der Waals surface area contributed by atoms with Crippen LogP contribution >= 0.6 is 0 Å². The molecule has 1 aromatic rings. The van der Waals surface area contributed by atoms with Gasteiger partial charge in [0, 0.05) is 0 Å². The summed E-state index contributed by atoms with van der Waals surface area (Å²) >= 11 is 0. The van der Waals surface area contributed by atoms with E-state index in [-0.39, 0.29) is 5.75 Å². The van der Waals surface area contributed by atoms with Crippen LogP contribution in [0.3, 0.4) is 0 Å². The first-order valence-electron chi connectivity index (χ1n) is 6.12. The van der Waals surface area contributed by atoms with Crippen LogP contribution in [0.5, 0.6) is 5.75 Å². The van der Waals surface area contributed by atoms with E-state index in [1.165, 1.54) is 12.1 Å². The molecule has 0 heterocycles. The molecule has 0 saturated heterocycles. The first kappa shape index (κ1) is 14.5. The van der Waals surface area contributed by atoms with E-state index in [1.807, 2.05) is 6.92 Å². The number of phenolic OH excluding ortho intramolecular Hbond substituents is 1. The van der Waals surface area contributed by atoms with Gasteiger partial charge in [0.25, 0.3) is 0 Å². The fourth-order valence-electron chi connectivity index (χ4n) is 2.04. The van der Waals surface area contributed by atoms with Crippen LogP contribution in [0.25, 0.3) is 0 Å². The molecule has 4 heteroatoms. The van der Waals surface area contributed by atoms with Crippen molar-refractivity contribution in [1.29, 1.82) is 0 Å². The van der Waals surface area contributed by atoms with E-state index >= 15 is 0 Å². The van der Waals surface area contributed by atoms with Gasteiger partial charge in [-0.15, -0.1) is 0 Å². The second-order valence-corrected chi connectivity index (χ2v) is 4.41. The van der Waals surface area contributed by atoms with E-state index in [9.17, 15) is 15.0 Å². The van der Waals surface area contributed by atoms with Gasteiger partial charge in [-0.05, 0) is 38.0 Å². The summed E-state index contributed by atoms with van der Waals surface area (Å²) in [6.07, 6.45) is 0.479. The lowest BCUT2D eigenvalue weighted by molar-refractivity contribution is -0.158. The number of rotatable bonds is 5. The Morgan fingerprint density at radius 3 is 2.33 bits per heavy atom. The van der Waals surface area contributed by atoms with Crippen LogP contribution in [-0.2, 0) is 15.1 Å². The molecule has 0 amide bonds. The first-order valence-corrected chi connectivity index (χ1v) is 6.12. The predicted molar refractivity (Wildman–Crippen MR) is 68.1 cm³/mol. The second-order valence-electron chi connectivity index (χ2n) is 4.41. The molecule has 0 saturated carbocycles. The number of aromatic hydroxyl groups is 1.